The first-order valence-corrected chi connectivity index (χ1v) is 8.41. The topological polar surface area (TPSA) is 40.6 Å². The van der Waals surface area contributed by atoms with Crippen molar-refractivity contribution in [2.75, 3.05) is 36.8 Å². The molecule has 2 rings (SSSR count). The van der Waals surface area contributed by atoms with Gasteiger partial charge in [0.1, 0.15) is 0 Å². The molecule has 0 atom stereocenters. The van der Waals surface area contributed by atoms with E-state index in [-0.39, 0.29) is 5.75 Å². The molecular formula is C13H19ClN2O2S. The molecule has 0 unspecified atom stereocenters. The van der Waals surface area contributed by atoms with E-state index in [9.17, 15) is 8.42 Å². The summed E-state index contributed by atoms with van der Waals surface area (Å²) in [4.78, 5) is 2.22. The molecule has 1 saturated heterocycles. The van der Waals surface area contributed by atoms with E-state index in [0.717, 1.165) is 29.4 Å². The second-order valence-electron chi connectivity index (χ2n) is 4.72. The second kappa shape index (κ2) is 5.69. The summed E-state index contributed by atoms with van der Waals surface area (Å²) < 4.78 is 25.2. The third-order valence-electron chi connectivity index (χ3n) is 3.50. The minimum absolute atomic E-state index is 0.174. The third kappa shape index (κ3) is 3.22. The van der Waals surface area contributed by atoms with Crippen LogP contribution in [0.25, 0.3) is 0 Å². The summed E-state index contributed by atoms with van der Waals surface area (Å²) in [5.41, 5.74) is 2.26. The van der Waals surface area contributed by atoms with Gasteiger partial charge in [0.25, 0.3) is 0 Å². The fourth-order valence-electron chi connectivity index (χ4n) is 2.36. The molecule has 0 bridgehead atoms. The zero-order chi connectivity index (χ0) is 14.0. The smallest absolute Gasteiger partial charge is 0.213 e. The van der Waals surface area contributed by atoms with Crippen molar-refractivity contribution >= 4 is 27.3 Å². The first-order chi connectivity index (χ1) is 8.94. The van der Waals surface area contributed by atoms with Gasteiger partial charge in [-0.05, 0) is 37.6 Å². The molecule has 0 N–H and O–H groups in total. The zero-order valence-electron chi connectivity index (χ0n) is 11.3. The summed E-state index contributed by atoms with van der Waals surface area (Å²) in [5.74, 6) is 0.174. The van der Waals surface area contributed by atoms with Gasteiger partial charge in [0.05, 0.1) is 5.75 Å². The monoisotopic (exact) mass is 302 g/mol. The molecule has 0 radical (unpaired) electrons. The Kier molecular flexibility index (Phi) is 4.38. The van der Waals surface area contributed by atoms with Crippen molar-refractivity contribution in [1.82, 2.24) is 4.31 Å². The van der Waals surface area contributed by atoms with Gasteiger partial charge in [-0.25, -0.2) is 8.42 Å². The molecule has 6 heteroatoms. The molecule has 1 fully saturated rings. The predicted molar refractivity (Wildman–Crippen MR) is 79.4 cm³/mol. The van der Waals surface area contributed by atoms with Crippen LogP contribution in [-0.2, 0) is 10.0 Å². The summed E-state index contributed by atoms with van der Waals surface area (Å²) in [7, 11) is -3.06. The quantitative estimate of drug-likeness (QED) is 0.859. The van der Waals surface area contributed by atoms with Gasteiger partial charge in [0, 0.05) is 36.9 Å². The van der Waals surface area contributed by atoms with Crippen LogP contribution in [0.15, 0.2) is 18.2 Å². The zero-order valence-corrected chi connectivity index (χ0v) is 12.8. The van der Waals surface area contributed by atoms with E-state index in [0.29, 0.717) is 13.1 Å². The van der Waals surface area contributed by atoms with Crippen LogP contribution in [-0.4, -0.2) is 44.7 Å². The highest BCUT2D eigenvalue weighted by Gasteiger charge is 2.25. The van der Waals surface area contributed by atoms with Crippen LogP contribution in [0, 0.1) is 6.92 Å². The number of sulfonamides is 1. The predicted octanol–water partition coefficient (Wildman–Crippen LogP) is 2.12. The standard InChI is InChI=1S/C13H19ClN2O2S/c1-3-19(17,18)16-8-6-15(7-9-16)13-5-4-12(14)10-11(13)2/h4-5,10H,3,6-9H2,1-2H3. The van der Waals surface area contributed by atoms with Gasteiger partial charge in [-0.15, -0.1) is 0 Å². The Morgan fingerprint density at radius 2 is 1.84 bits per heavy atom. The lowest BCUT2D eigenvalue weighted by Gasteiger charge is -2.36. The van der Waals surface area contributed by atoms with Crippen molar-refractivity contribution in [3.63, 3.8) is 0 Å². The molecule has 4 nitrogen and oxygen atoms in total. The SMILES string of the molecule is CCS(=O)(=O)N1CCN(c2ccc(Cl)cc2C)CC1. The summed E-state index contributed by atoms with van der Waals surface area (Å²) in [6.07, 6.45) is 0. The Labute approximate surface area is 120 Å². The van der Waals surface area contributed by atoms with Crippen molar-refractivity contribution in [3.8, 4) is 0 Å². The first kappa shape index (κ1) is 14.6. The number of halogens is 1. The number of hydrogen-bond acceptors (Lipinski definition) is 3. The van der Waals surface area contributed by atoms with Gasteiger partial charge in [0.2, 0.25) is 10.0 Å². The van der Waals surface area contributed by atoms with Crippen molar-refractivity contribution in [3.05, 3.63) is 28.8 Å². The maximum Gasteiger partial charge on any atom is 0.213 e. The van der Waals surface area contributed by atoms with Crippen LogP contribution in [0.2, 0.25) is 5.02 Å². The van der Waals surface area contributed by atoms with Gasteiger partial charge in [0.15, 0.2) is 0 Å². The Morgan fingerprint density at radius 1 is 1.21 bits per heavy atom. The average molecular weight is 303 g/mol. The lowest BCUT2D eigenvalue weighted by molar-refractivity contribution is 0.385. The summed E-state index contributed by atoms with van der Waals surface area (Å²) >= 11 is 5.95. The van der Waals surface area contributed by atoms with Crippen LogP contribution < -0.4 is 4.90 Å². The molecule has 1 aliphatic heterocycles. The number of piperazine rings is 1. The van der Waals surface area contributed by atoms with Gasteiger partial charge in [-0.2, -0.15) is 4.31 Å². The Balaban J connectivity index is 2.08. The Hall–Kier alpha value is -0.780. The van der Waals surface area contributed by atoms with Crippen molar-refractivity contribution < 1.29 is 8.42 Å². The van der Waals surface area contributed by atoms with E-state index in [1.165, 1.54) is 0 Å². The summed E-state index contributed by atoms with van der Waals surface area (Å²) in [5, 5.41) is 0.730. The molecule has 1 heterocycles. The number of anilines is 1. The lowest BCUT2D eigenvalue weighted by atomic mass is 10.1. The molecule has 1 aromatic carbocycles. The number of hydrogen-bond donors (Lipinski definition) is 0. The van der Waals surface area contributed by atoms with Crippen LogP contribution in [0.3, 0.4) is 0 Å². The summed E-state index contributed by atoms with van der Waals surface area (Å²) in [6, 6.07) is 5.81. The van der Waals surface area contributed by atoms with Crippen molar-refractivity contribution in [2.45, 2.75) is 13.8 Å². The largest absolute Gasteiger partial charge is 0.369 e. The fourth-order valence-corrected chi connectivity index (χ4v) is 3.67. The van der Waals surface area contributed by atoms with Crippen LogP contribution in [0.4, 0.5) is 5.69 Å². The summed E-state index contributed by atoms with van der Waals surface area (Å²) in [6.45, 7) is 6.27. The molecule has 0 spiro atoms. The number of aryl methyl sites for hydroxylation is 1. The molecular weight excluding hydrogens is 284 g/mol. The minimum Gasteiger partial charge on any atom is -0.369 e. The van der Waals surface area contributed by atoms with Crippen molar-refractivity contribution in [2.24, 2.45) is 0 Å². The van der Waals surface area contributed by atoms with E-state index in [1.54, 1.807) is 11.2 Å². The highest BCUT2D eigenvalue weighted by atomic mass is 35.5. The molecule has 1 aromatic rings. The number of nitrogens with zero attached hydrogens (tertiary/aromatic N) is 2. The van der Waals surface area contributed by atoms with Gasteiger partial charge >= 0.3 is 0 Å². The Morgan fingerprint density at radius 3 is 2.37 bits per heavy atom. The van der Waals surface area contributed by atoms with E-state index in [2.05, 4.69) is 4.90 Å². The normalized spacial score (nSPS) is 17.7. The Bertz CT molecular complexity index is 552. The van der Waals surface area contributed by atoms with Gasteiger partial charge in [-0.1, -0.05) is 11.6 Å². The highest BCUT2D eigenvalue weighted by Crippen LogP contribution is 2.25. The first-order valence-electron chi connectivity index (χ1n) is 6.43. The molecule has 106 valence electrons. The highest BCUT2D eigenvalue weighted by molar-refractivity contribution is 7.89. The lowest BCUT2D eigenvalue weighted by Crippen LogP contribution is -2.49. The maximum atomic E-state index is 11.8. The van der Waals surface area contributed by atoms with Crippen LogP contribution in [0.5, 0.6) is 0 Å². The molecule has 0 saturated carbocycles. The van der Waals surface area contributed by atoms with Gasteiger partial charge in [-0.3, -0.25) is 0 Å². The van der Waals surface area contributed by atoms with Crippen LogP contribution in [0.1, 0.15) is 12.5 Å². The fraction of sp³-hybridized carbons (Fsp3) is 0.538. The third-order valence-corrected chi connectivity index (χ3v) is 5.61. The van der Waals surface area contributed by atoms with Gasteiger partial charge < -0.3 is 4.90 Å². The van der Waals surface area contributed by atoms with E-state index in [4.69, 9.17) is 11.6 Å². The molecule has 0 amide bonds. The van der Waals surface area contributed by atoms with E-state index >= 15 is 0 Å². The maximum absolute atomic E-state index is 11.8. The number of rotatable bonds is 3. The van der Waals surface area contributed by atoms with E-state index < -0.39 is 10.0 Å². The van der Waals surface area contributed by atoms with E-state index in [1.807, 2.05) is 25.1 Å². The molecule has 0 aromatic heterocycles. The minimum atomic E-state index is -3.06. The van der Waals surface area contributed by atoms with Crippen molar-refractivity contribution in [1.29, 1.82) is 0 Å². The van der Waals surface area contributed by atoms with Crippen LogP contribution >= 0.6 is 11.6 Å². The average Bonchev–Trinajstić information content (AvgIpc) is 2.39. The molecule has 0 aliphatic carbocycles. The molecule has 19 heavy (non-hydrogen) atoms. The number of benzene rings is 1. The second-order valence-corrected chi connectivity index (χ2v) is 7.41. The molecule has 1 aliphatic rings.